The van der Waals surface area contributed by atoms with Gasteiger partial charge < -0.3 is 15.5 Å². The Hall–Kier alpha value is -0.970. The van der Waals surface area contributed by atoms with Gasteiger partial charge >= 0.3 is 6.03 Å². The smallest absolute Gasteiger partial charge is 0.319 e. The second-order valence-corrected chi connectivity index (χ2v) is 4.94. The highest BCUT2D eigenvalue weighted by Crippen LogP contribution is 2.22. The molecule has 0 aromatic heterocycles. The summed E-state index contributed by atoms with van der Waals surface area (Å²) in [5, 5.41) is 6.47. The van der Waals surface area contributed by atoms with Crippen LogP contribution in [0.25, 0.3) is 0 Å². The van der Waals surface area contributed by atoms with E-state index < -0.39 is 0 Å². The van der Waals surface area contributed by atoms with Crippen molar-refractivity contribution < 1.29 is 4.79 Å². The molecule has 0 unspecified atom stereocenters. The predicted octanol–water partition coefficient (Wildman–Crippen LogP) is 3.46. The van der Waals surface area contributed by atoms with Crippen LogP contribution in [0.4, 0.5) is 10.5 Å². The van der Waals surface area contributed by atoms with Crippen molar-refractivity contribution in [3.63, 3.8) is 0 Å². The third kappa shape index (κ3) is 6.14. The SMILES string of the molecule is CCN(CC)CCNC(=O)Nc1cc(Cl)cc(Cl)c1. The van der Waals surface area contributed by atoms with Gasteiger partial charge in [-0.3, -0.25) is 0 Å². The number of likely N-dealkylation sites (N-methyl/N-ethyl adjacent to an activating group) is 1. The summed E-state index contributed by atoms with van der Waals surface area (Å²) in [4.78, 5) is 13.9. The summed E-state index contributed by atoms with van der Waals surface area (Å²) in [5.74, 6) is 0. The van der Waals surface area contributed by atoms with Gasteiger partial charge in [-0.2, -0.15) is 0 Å². The summed E-state index contributed by atoms with van der Waals surface area (Å²) < 4.78 is 0. The zero-order chi connectivity index (χ0) is 14.3. The number of urea groups is 1. The minimum absolute atomic E-state index is 0.259. The number of hydrogen-bond acceptors (Lipinski definition) is 2. The van der Waals surface area contributed by atoms with Gasteiger partial charge in [0.2, 0.25) is 0 Å². The molecule has 0 fully saturated rings. The van der Waals surface area contributed by atoms with Crippen molar-refractivity contribution in [2.75, 3.05) is 31.5 Å². The highest BCUT2D eigenvalue weighted by atomic mass is 35.5. The summed E-state index contributed by atoms with van der Waals surface area (Å²) in [6, 6.07) is 4.66. The summed E-state index contributed by atoms with van der Waals surface area (Å²) in [6.07, 6.45) is 0. The van der Waals surface area contributed by atoms with Crippen LogP contribution in [0.1, 0.15) is 13.8 Å². The highest BCUT2D eigenvalue weighted by Gasteiger charge is 2.04. The van der Waals surface area contributed by atoms with Crippen LogP contribution in [0, 0.1) is 0 Å². The number of benzene rings is 1. The lowest BCUT2D eigenvalue weighted by atomic mass is 10.3. The molecule has 1 rings (SSSR count). The van der Waals surface area contributed by atoms with Crippen molar-refractivity contribution in [2.45, 2.75) is 13.8 Å². The number of rotatable bonds is 6. The molecular weight excluding hydrogens is 285 g/mol. The van der Waals surface area contributed by atoms with Gasteiger partial charge in [0.15, 0.2) is 0 Å². The van der Waals surface area contributed by atoms with Crippen LogP contribution in [-0.4, -0.2) is 37.1 Å². The lowest BCUT2D eigenvalue weighted by molar-refractivity contribution is 0.248. The maximum atomic E-state index is 11.7. The standard InChI is InChI=1S/C13H19Cl2N3O/c1-3-18(4-2)6-5-16-13(19)17-12-8-10(14)7-11(15)9-12/h7-9H,3-6H2,1-2H3,(H2,16,17,19). The Bertz CT molecular complexity index is 402. The van der Waals surface area contributed by atoms with Crippen molar-refractivity contribution >= 4 is 34.9 Å². The largest absolute Gasteiger partial charge is 0.337 e. The maximum absolute atomic E-state index is 11.7. The van der Waals surface area contributed by atoms with Crippen LogP contribution in [0.3, 0.4) is 0 Å². The van der Waals surface area contributed by atoms with E-state index in [9.17, 15) is 4.79 Å². The molecule has 0 aliphatic carbocycles. The highest BCUT2D eigenvalue weighted by molar-refractivity contribution is 6.35. The van der Waals surface area contributed by atoms with Gasteiger partial charge in [-0.05, 0) is 31.3 Å². The van der Waals surface area contributed by atoms with E-state index in [1.54, 1.807) is 18.2 Å². The van der Waals surface area contributed by atoms with Crippen LogP contribution in [-0.2, 0) is 0 Å². The lowest BCUT2D eigenvalue weighted by Crippen LogP contribution is -2.36. The van der Waals surface area contributed by atoms with Crippen molar-refractivity contribution in [1.29, 1.82) is 0 Å². The van der Waals surface area contributed by atoms with Crippen molar-refractivity contribution in [1.82, 2.24) is 10.2 Å². The third-order valence-corrected chi connectivity index (χ3v) is 3.16. The normalized spacial score (nSPS) is 10.6. The van der Waals surface area contributed by atoms with Gasteiger partial charge in [0, 0.05) is 28.8 Å². The van der Waals surface area contributed by atoms with Crippen LogP contribution in [0.2, 0.25) is 10.0 Å². The molecule has 19 heavy (non-hydrogen) atoms. The number of hydrogen-bond donors (Lipinski definition) is 2. The van der Waals surface area contributed by atoms with E-state index >= 15 is 0 Å². The van der Waals surface area contributed by atoms with Crippen LogP contribution in [0.5, 0.6) is 0 Å². The fraction of sp³-hybridized carbons (Fsp3) is 0.462. The number of nitrogens with one attached hydrogen (secondary N) is 2. The Kier molecular flexibility index (Phi) is 6.99. The first-order valence-electron chi connectivity index (χ1n) is 6.28. The topological polar surface area (TPSA) is 44.4 Å². The first-order valence-corrected chi connectivity index (χ1v) is 7.04. The van der Waals surface area contributed by atoms with Gasteiger partial charge in [-0.15, -0.1) is 0 Å². The number of nitrogens with zero attached hydrogens (tertiary/aromatic N) is 1. The molecule has 1 aromatic rings. The van der Waals surface area contributed by atoms with E-state index in [0.717, 1.165) is 19.6 Å². The molecule has 0 saturated carbocycles. The van der Waals surface area contributed by atoms with E-state index in [2.05, 4.69) is 29.4 Å². The molecule has 0 spiro atoms. The fourth-order valence-corrected chi connectivity index (χ4v) is 2.19. The number of carbonyl (C=O) groups excluding carboxylic acids is 1. The minimum atomic E-state index is -0.259. The molecule has 0 saturated heterocycles. The third-order valence-electron chi connectivity index (χ3n) is 2.73. The zero-order valence-corrected chi connectivity index (χ0v) is 12.7. The van der Waals surface area contributed by atoms with Crippen LogP contribution < -0.4 is 10.6 Å². The van der Waals surface area contributed by atoms with Gasteiger partial charge in [0.1, 0.15) is 0 Å². The molecule has 0 radical (unpaired) electrons. The van der Waals surface area contributed by atoms with E-state index in [-0.39, 0.29) is 6.03 Å². The zero-order valence-electron chi connectivity index (χ0n) is 11.2. The van der Waals surface area contributed by atoms with Gasteiger partial charge in [0.05, 0.1) is 0 Å². The molecule has 0 bridgehead atoms. The Morgan fingerprint density at radius 3 is 2.26 bits per heavy atom. The Morgan fingerprint density at radius 2 is 1.74 bits per heavy atom. The molecule has 2 amide bonds. The predicted molar refractivity (Wildman–Crippen MR) is 81.3 cm³/mol. The van der Waals surface area contributed by atoms with Crippen molar-refractivity contribution in [3.8, 4) is 0 Å². The Morgan fingerprint density at radius 1 is 1.16 bits per heavy atom. The molecule has 2 N–H and O–H groups in total. The molecule has 1 aromatic carbocycles. The quantitative estimate of drug-likeness (QED) is 0.845. The molecule has 0 aliphatic heterocycles. The Balaban J connectivity index is 2.38. The molecule has 4 nitrogen and oxygen atoms in total. The molecule has 106 valence electrons. The Labute approximate surface area is 124 Å². The molecular formula is C13H19Cl2N3O. The van der Waals surface area contributed by atoms with Gasteiger partial charge in [0.25, 0.3) is 0 Å². The monoisotopic (exact) mass is 303 g/mol. The average molecular weight is 304 g/mol. The van der Waals surface area contributed by atoms with Crippen molar-refractivity contribution in [2.24, 2.45) is 0 Å². The van der Waals surface area contributed by atoms with Crippen molar-refractivity contribution in [3.05, 3.63) is 28.2 Å². The summed E-state index contributed by atoms with van der Waals surface area (Å²) in [7, 11) is 0. The minimum Gasteiger partial charge on any atom is -0.337 e. The molecule has 0 heterocycles. The first kappa shape index (κ1) is 16.1. The van der Waals surface area contributed by atoms with Gasteiger partial charge in [-0.1, -0.05) is 37.0 Å². The summed E-state index contributed by atoms with van der Waals surface area (Å²) in [5.41, 5.74) is 0.581. The number of amides is 2. The van der Waals surface area contributed by atoms with Crippen LogP contribution >= 0.6 is 23.2 Å². The van der Waals surface area contributed by atoms with E-state index in [1.165, 1.54) is 0 Å². The molecule has 6 heteroatoms. The number of anilines is 1. The van der Waals surface area contributed by atoms with E-state index in [0.29, 0.717) is 22.3 Å². The second-order valence-electron chi connectivity index (χ2n) is 4.07. The van der Waals surface area contributed by atoms with E-state index in [4.69, 9.17) is 23.2 Å². The first-order chi connectivity index (χ1) is 9.05. The molecule has 0 atom stereocenters. The number of halogens is 2. The average Bonchev–Trinajstić information content (AvgIpc) is 2.33. The molecule has 0 aliphatic rings. The van der Waals surface area contributed by atoms with E-state index in [1.807, 2.05) is 0 Å². The van der Waals surface area contributed by atoms with Gasteiger partial charge in [-0.25, -0.2) is 4.79 Å². The summed E-state index contributed by atoms with van der Waals surface area (Å²) >= 11 is 11.7. The fourth-order valence-electron chi connectivity index (χ4n) is 1.67. The maximum Gasteiger partial charge on any atom is 0.319 e. The second kappa shape index (κ2) is 8.25. The lowest BCUT2D eigenvalue weighted by Gasteiger charge is -2.18. The number of carbonyl (C=O) groups is 1. The summed E-state index contributed by atoms with van der Waals surface area (Å²) in [6.45, 7) is 7.57. The van der Waals surface area contributed by atoms with Crippen LogP contribution in [0.15, 0.2) is 18.2 Å².